The van der Waals surface area contributed by atoms with E-state index in [-0.39, 0.29) is 24.2 Å². The zero-order chi connectivity index (χ0) is 13.9. The average Bonchev–Trinajstić information content (AvgIpc) is 2.86. The molecule has 7 heteroatoms. The van der Waals surface area contributed by atoms with Crippen LogP contribution < -0.4 is 11.1 Å². The van der Waals surface area contributed by atoms with Gasteiger partial charge in [0.15, 0.2) is 5.82 Å². The molecule has 1 aromatic heterocycles. The van der Waals surface area contributed by atoms with Gasteiger partial charge < -0.3 is 15.6 Å². The first kappa shape index (κ1) is 16.9. The van der Waals surface area contributed by atoms with Gasteiger partial charge in [-0.2, -0.15) is 4.98 Å². The van der Waals surface area contributed by atoms with E-state index in [9.17, 15) is 4.79 Å². The molecular weight excluding hydrogens is 280 g/mol. The summed E-state index contributed by atoms with van der Waals surface area (Å²) in [6.07, 6.45) is 5.01. The van der Waals surface area contributed by atoms with E-state index in [0.717, 1.165) is 25.7 Å². The maximum absolute atomic E-state index is 12.2. The highest BCUT2D eigenvalue weighted by Gasteiger charge is 2.40. The van der Waals surface area contributed by atoms with E-state index in [4.69, 9.17) is 10.3 Å². The van der Waals surface area contributed by atoms with Crippen molar-refractivity contribution in [2.24, 2.45) is 11.7 Å². The first-order valence-electron chi connectivity index (χ1n) is 6.90. The predicted octanol–water partition coefficient (Wildman–Crippen LogP) is 1.67. The summed E-state index contributed by atoms with van der Waals surface area (Å²) in [6, 6.07) is 0. The lowest BCUT2D eigenvalue weighted by atomic mass is 9.80. The van der Waals surface area contributed by atoms with Crippen molar-refractivity contribution in [3.05, 3.63) is 11.7 Å². The van der Waals surface area contributed by atoms with E-state index in [0.29, 0.717) is 18.3 Å². The molecule has 1 aliphatic carbocycles. The van der Waals surface area contributed by atoms with Crippen LogP contribution in [0.15, 0.2) is 4.52 Å². The Morgan fingerprint density at radius 2 is 2.10 bits per heavy atom. The van der Waals surface area contributed by atoms with Gasteiger partial charge in [0.05, 0.1) is 0 Å². The van der Waals surface area contributed by atoms with Crippen molar-refractivity contribution >= 4 is 18.3 Å². The summed E-state index contributed by atoms with van der Waals surface area (Å²) in [4.78, 5) is 16.5. The highest BCUT2D eigenvalue weighted by atomic mass is 35.5. The van der Waals surface area contributed by atoms with Crippen LogP contribution in [0.25, 0.3) is 0 Å². The molecule has 3 N–H and O–H groups in total. The minimum atomic E-state index is -0.476. The zero-order valence-corrected chi connectivity index (χ0v) is 12.8. The highest BCUT2D eigenvalue weighted by Crippen LogP contribution is 2.35. The Labute approximate surface area is 125 Å². The van der Waals surface area contributed by atoms with Crippen LogP contribution >= 0.6 is 12.4 Å². The van der Waals surface area contributed by atoms with Crippen LogP contribution in [-0.2, 0) is 10.3 Å². The summed E-state index contributed by atoms with van der Waals surface area (Å²) < 4.78 is 5.07. The smallest absolute Gasteiger partial charge is 0.224 e. The molecule has 0 aliphatic heterocycles. The quantitative estimate of drug-likeness (QED) is 0.882. The van der Waals surface area contributed by atoms with Gasteiger partial charge in [-0.25, -0.2) is 0 Å². The van der Waals surface area contributed by atoms with Crippen LogP contribution in [0.1, 0.15) is 50.7 Å². The zero-order valence-electron chi connectivity index (χ0n) is 12.0. The molecule has 1 aliphatic rings. The Bertz CT molecular complexity index is 443. The Kier molecular flexibility index (Phi) is 5.95. The second-order valence-corrected chi connectivity index (χ2v) is 5.41. The van der Waals surface area contributed by atoms with Gasteiger partial charge >= 0.3 is 0 Å². The van der Waals surface area contributed by atoms with Gasteiger partial charge in [0.25, 0.3) is 0 Å². The molecule has 114 valence electrons. The van der Waals surface area contributed by atoms with Crippen molar-refractivity contribution in [3.8, 4) is 0 Å². The number of hydrogen-bond donors (Lipinski definition) is 2. The van der Waals surface area contributed by atoms with E-state index in [1.807, 2.05) is 6.92 Å². The number of aryl methyl sites for hydroxylation is 1. The molecule has 20 heavy (non-hydrogen) atoms. The fourth-order valence-electron chi connectivity index (χ4n) is 2.52. The molecule has 0 radical (unpaired) electrons. The first-order valence-corrected chi connectivity index (χ1v) is 6.90. The Morgan fingerprint density at radius 1 is 1.45 bits per heavy atom. The number of nitrogens with zero attached hydrogens (tertiary/aromatic N) is 2. The van der Waals surface area contributed by atoms with Crippen molar-refractivity contribution in [1.82, 2.24) is 15.5 Å². The molecule has 1 heterocycles. The molecule has 1 amide bonds. The number of hydrogen-bond acceptors (Lipinski definition) is 5. The molecule has 0 bridgehead atoms. The van der Waals surface area contributed by atoms with Crippen molar-refractivity contribution in [2.45, 2.75) is 51.5 Å². The van der Waals surface area contributed by atoms with E-state index in [2.05, 4.69) is 15.5 Å². The third kappa shape index (κ3) is 3.49. The Balaban J connectivity index is 0.00000200. The average molecular weight is 303 g/mol. The third-order valence-corrected chi connectivity index (χ3v) is 3.83. The van der Waals surface area contributed by atoms with Crippen LogP contribution in [-0.4, -0.2) is 22.6 Å². The minimum absolute atomic E-state index is 0. The van der Waals surface area contributed by atoms with E-state index < -0.39 is 5.54 Å². The van der Waals surface area contributed by atoms with Crippen LogP contribution in [0, 0.1) is 12.8 Å². The summed E-state index contributed by atoms with van der Waals surface area (Å²) in [7, 11) is 0. The maximum atomic E-state index is 12.2. The summed E-state index contributed by atoms with van der Waals surface area (Å²) >= 11 is 0. The SMILES string of the molecule is Cc1nc(C2(NC(=O)C(C)CN)CCCCC2)no1.Cl. The van der Waals surface area contributed by atoms with Gasteiger partial charge in [-0.3, -0.25) is 4.79 Å². The highest BCUT2D eigenvalue weighted by molar-refractivity contribution is 5.85. The van der Waals surface area contributed by atoms with Gasteiger partial charge in [-0.1, -0.05) is 31.3 Å². The largest absolute Gasteiger partial charge is 0.343 e. The number of nitrogens with two attached hydrogens (primary N) is 1. The van der Waals surface area contributed by atoms with E-state index in [1.165, 1.54) is 6.42 Å². The molecule has 1 fully saturated rings. The maximum Gasteiger partial charge on any atom is 0.224 e. The molecule has 6 nitrogen and oxygen atoms in total. The summed E-state index contributed by atoms with van der Waals surface area (Å²) in [5.41, 5.74) is 5.08. The molecule has 0 saturated heterocycles. The topological polar surface area (TPSA) is 94.0 Å². The van der Waals surface area contributed by atoms with Gasteiger partial charge in [-0.05, 0) is 12.8 Å². The van der Waals surface area contributed by atoms with Crippen molar-refractivity contribution < 1.29 is 9.32 Å². The number of halogens is 1. The Morgan fingerprint density at radius 3 is 2.60 bits per heavy atom. The predicted molar refractivity (Wildman–Crippen MR) is 77.4 cm³/mol. The molecule has 0 spiro atoms. The van der Waals surface area contributed by atoms with Gasteiger partial charge in [0.2, 0.25) is 11.8 Å². The number of aromatic nitrogens is 2. The van der Waals surface area contributed by atoms with Gasteiger partial charge in [0, 0.05) is 19.4 Å². The van der Waals surface area contributed by atoms with Crippen LogP contribution in [0.3, 0.4) is 0 Å². The lowest BCUT2D eigenvalue weighted by Gasteiger charge is -2.36. The fourth-order valence-corrected chi connectivity index (χ4v) is 2.52. The van der Waals surface area contributed by atoms with Gasteiger partial charge in [-0.15, -0.1) is 12.4 Å². The van der Waals surface area contributed by atoms with Crippen molar-refractivity contribution in [1.29, 1.82) is 0 Å². The number of carbonyl (C=O) groups is 1. The number of rotatable bonds is 4. The molecule has 1 unspecified atom stereocenters. The van der Waals surface area contributed by atoms with Crippen molar-refractivity contribution in [2.75, 3.05) is 6.54 Å². The molecule has 2 rings (SSSR count). The van der Waals surface area contributed by atoms with Crippen molar-refractivity contribution in [3.63, 3.8) is 0 Å². The van der Waals surface area contributed by atoms with Crippen LogP contribution in [0.2, 0.25) is 0 Å². The Hall–Kier alpha value is -1.14. The lowest BCUT2D eigenvalue weighted by molar-refractivity contribution is -0.127. The number of amides is 1. The van der Waals surface area contributed by atoms with E-state index in [1.54, 1.807) is 6.92 Å². The molecule has 1 saturated carbocycles. The molecule has 0 aromatic carbocycles. The number of carbonyl (C=O) groups excluding carboxylic acids is 1. The molecular formula is C13H23ClN4O2. The summed E-state index contributed by atoms with van der Waals surface area (Å²) in [6.45, 7) is 3.93. The van der Waals surface area contributed by atoms with E-state index >= 15 is 0 Å². The lowest BCUT2D eigenvalue weighted by Crippen LogP contribution is -2.50. The third-order valence-electron chi connectivity index (χ3n) is 3.83. The second-order valence-electron chi connectivity index (χ2n) is 5.41. The summed E-state index contributed by atoms with van der Waals surface area (Å²) in [5, 5.41) is 7.13. The van der Waals surface area contributed by atoms with Gasteiger partial charge in [0.1, 0.15) is 5.54 Å². The fraction of sp³-hybridized carbons (Fsp3) is 0.769. The normalized spacial score (nSPS) is 18.9. The molecule has 1 atom stereocenters. The second kappa shape index (κ2) is 7.04. The monoisotopic (exact) mass is 302 g/mol. The first-order chi connectivity index (χ1) is 9.07. The standard InChI is InChI=1S/C13H22N4O2.ClH/c1-9(8-14)11(18)16-13(6-4-3-5-7-13)12-15-10(2)19-17-12;/h9H,3-8,14H2,1-2H3,(H,16,18);1H. The molecule has 1 aromatic rings. The van der Waals surface area contributed by atoms with Crippen LogP contribution in [0.5, 0.6) is 0 Å². The summed E-state index contributed by atoms with van der Waals surface area (Å²) in [5.74, 6) is 0.891. The van der Waals surface area contributed by atoms with Crippen LogP contribution in [0.4, 0.5) is 0 Å². The minimum Gasteiger partial charge on any atom is -0.343 e. The number of nitrogens with one attached hydrogen (secondary N) is 1.